The second-order valence-corrected chi connectivity index (χ2v) is 5.39. The molecule has 0 radical (unpaired) electrons. The van der Waals surface area contributed by atoms with E-state index in [2.05, 4.69) is 20.6 Å². The van der Waals surface area contributed by atoms with Gasteiger partial charge < -0.3 is 14.6 Å². The number of esters is 1. The highest BCUT2D eigenvalue weighted by Gasteiger charge is 2.17. The summed E-state index contributed by atoms with van der Waals surface area (Å²) in [6, 6.07) is 7.27. The maximum absolute atomic E-state index is 11.9. The van der Waals surface area contributed by atoms with Gasteiger partial charge in [-0.1, -0.05) is 11.2 Å². The average Bonchev–Trinajstić information content (AvgIpc) is 3.16. The SMILES string of the molecule is CCOC(=O)c1cc(NCc2c(-c3ccccn3)noc2C)nn1C. The Bertz CT molecular complexity index is 870. The van der Waals surface area contributed by atoms with Crippen LogP contribution < -0.4 is 5.32 Å². The summed E-state index contributed by atoms with van der Waals surface area (Å²) in [5.41, 5.74) is 2.70. The van der Waals surface area contributed by atoms with Gasteiger partial charge in [0.25, 0.3) is 0 Å². The van der Waals surface area contributed by atoms with Crippen molar-refractivity contribution < 1.29 is 14.1 Å². The average molecular weight is 341 g/mol. The van der Waals surface area contributed by atoms with Crippen molar-refractivity contribution in [1.82, 2.24) is 19.9 Å². The first-order valence-electron chi connectivity index (χ1n) is 7.91. The van der Waals surface area contributed by atoms with Crippen LogP contribution in [0.1, 0.15) is 28.7 Å². The van der Waals surface area contributed by atoms with Crippen LogP contribution in [0.2, 0.25) is 0 Å². The van der Waals surface area contributed by atoms with Gasteiger partial charge in [-0.25, -0.2) is 4.79 Å². The normalized spacial score (nSPS) is 10.7. The first-order chi connectivity index (χ1) is 12.1. The first kappa shape index (κ1) is 16.7. The molecule has 8 nitrogen and oxygen atoms in total. The van der Waals surface area contributed by atoms with Crippen molar-refractivity contribution in [2.45, 2.75) is 20.4 Å². The van der Waals surface area contributed by atoms with Gasteiger partial charge in [0.05, 0.1) is 12.3 Å². The third kappa shape index (κ3) is 3.52. The van der Waals surface area contributed by atoms with E-state index < -0.39 is 5.97 Å². The van der Waals surface area contributed by atoms with E-state index in [1.807, 2.05) is 25.1 Å². The van der Waals surface area contributed by atoms with Gasteiger partial charge in [0.15, 0.2) is 0 Å². The van der Waals surface area contributed by atoms with E-state index in [-0.39, 0.29) is 0 Å². The molecule has 0 aliphatic heterocycles. The van der Waals surface area contributed by atoms with Gasteiger partial charge in [0.1, 0.15) is 23.0 Å². The zero-order chi connectivity index (χ0) is 17.8. The minimum absolute atomic E-state index is 0.320. The van der Waals surface area contributed by atoms with Crippen molar-refractivity contribution in [3.63, 3.8) is 0 Å². The number of aryl methyl sites for hydroxylation is 2. The maximum atomic E-state index is 11.9. The Morgan fingerprint density at radius 2 is 2.24 bits per heavy atom. The standard InChI is InChI=1S/C17H19N5O3/c1-4-24-17(23)14-9-15(20-22(14)3)19-10-12-11(2)25-21-16(12)13-7-5-6-8-18-13/h5-9H,4,10H2,1-3H3,(H,19,20). The van der Waals surface area contributed by atoms with Gasteiger partial charge >= 0.3 is 5.97 Å². The largest absolute Gasteiger partial charge is 0.461 e. The van der Waals surface area contributed by atoms with Crippen molar-refractivity contribution in [2.75, 3.05) is 11.9 Å². The molecule has 1 N–H and O–H groups in total. The lowest BCUT2D eigenvalue weighted by Gasteiger charge is -2.03. The fraction of sp³-hybridized carbons (Fsp3) is 0.294. The predicted molar refractivity (Wildman–Crippen MR) is 91.0 cm³/mol. The Morgan fingerprint density at radius 3 is 2.96 bits per heavy atom. The summed E-state index contributed by atoms with van der Waals surface area (Å²) in [6.07, 6.45) is 1.71. The molecule has 0 bridgehead atoms. The molecule has 0 amide bonds. The first-order valence-corrected chi connectivity index (χ1v) is 7.91. The molecule has 0 aromatic carbocycles. The smallest absolute Gasteiger partial charge is 0.356 e. The lowest BCUT2D eigenvalue weighted by atomic mass is 10.1. The Hall–Kier alpha value is -3.16. The molecule has 3 aromatic rings. The number of pyridine rings is 1. The van der Waals surface area contributed by atoms with E-state index >= 15 is 0 Å². The third-order valence-electron chi connectivity index (χ3n) is 3.70. The van der Waals surface area contributed by atoms with Crippen molar-refractivity contribution in [3.05, 3.63) is 47.5 Å². The summed E-state index contributed by atoms with van der Waals surface area (Å²) in [4.78, 5) is 16.2. The number of hydrogen-bond acceptors (Lipinski definition) is 7. The molecule has 0 aliphatic rings. The Kier molecular flexibility index (Phi) is 4.78. The maximum Gasteiger partial charge on any atom is 0.356 e. The van der Waals surface area contributed by atoms with E-state index in [0.29, 0.717) is 36.1 Å². The molecular weight excluding hydrogens is 322 g/mol. The summed E-state index contributed by atoms with van der Waals surface area (Å²) < 4.78 is 11.8. The van der Waals surface area contributed by atoms with E-state index in [4.69, 9.17) is 9.26 Å². The van der Waals surface area contributed by atoms with Gasteiger partial charge in [-0.05, 0) is 26.0 Å². The number of carbonyl (C=O) groups excluding carboxylic acids is 1. The van der Waals surface area contributed by atoms with Crippen molar-refractivity contribution in [1.29, 1.82) is 0 Å². The summed E-state index contributed by atoms with van der Waals surface area (Å²) in [7, 11) is 1.70. The van der Waals surface area contributed by atoms with Crippen LogP contribution in [-0.2, 0) is 18.3 Å². The Morgan fingerprint density at radius 1 is 1.40 bits per heavy atom. The zero-order valence-corrected chi connectivity index (χ0v) is 14.3. The minimum atomic E-state index is -0.402. The molecule has 0 fully saturated rings. The zero-order valence-electron chi connectivity index (χ0n) is 14.3. The fourth-order valence-corrected chi connectivity index (χ4v) is 2.43. The van der Waals surface area contributed by atoms with Crippen LogP contribution in [0.5, 0.6) is 0 Å². The number of carbonyl (C=O) groups is 1. The molecule has 3 heterocycles. The topological polar surface area (TPSA) is 95.1 Å². The minimum Gasteiger partial charge on any atom is -0.461 e. The number of anilines is 1. The number of nitrogens with one attached hydrogen (secondary N) is 1. The second kappa shape index (κ2) is 7.16. The molecule has 0 saturated carbocycles. The molecular formula is C17H19N5O3. The number of ether oxygens (including phenoxy) is 1. The molecule has 0 spiro atoms. The molecule has 0 aliphatic carbocycles. The van der Waals surface area contributed by atoms with Gasteiger partial charge in [0, 0.05) is 31.4 Å². The highest BCUT2D eigenvalue weighted by Crippen LogP contribution is 2.24. The Balaban J connectivity index is 1.78. The Labute approximate surface area is 144 Å². The van der Waals surface area contributed by atoms with E-state index in [1.165, 1.54) is 4.68 Å². The van der Waals surface area contributed by atoms with E-state index in [0.717, 1.165) is 11.3 Å². The lowest BCUT2D eigenvalue weighted by Crippen LogP contribution is -2.10. The van der Waals surface area contributed by atoms with Crippen LogP contribution in [-0.4, -0.2) is 32.5 Å². The quantitative estimate of drug-likeness (QED) is 0.688. The van der Waals surface area contributed by atoms with Crippen LogP contribution in [0.25, 0.3) is 11.4 Å². The molecule has 25 heavy (non-hydrogen) atoms. The highest BCUT2D eigenvalue weighted by atomic mass is 16.5. The van der Waals surface area contributed by atoms with Crippen LogP contribution in [0.4, 0.5) is 5.82 Å². The van der Waals surface area contributed by atoms with Crippen molar-refractivity contribution in [2.24, 2.45) is 7.05 Å². The van der Waals surface area contributed by atoms with Crippen LogP contribution in [0.3, 0.4) is 0 Å². The molecule has 0 saturated heterocycles. The van der Waals surface area contributed by atoms with Gasteiger partial charge in [-0.3, -0.25) is 9.67 Å². The van der Waals surface area contributed by atoms with Crippen molar-refractivity contribution >= 4 is 11.8 Å². The lowest BCUT2D eigenvalue weighted by molar-refractivity contribution is 0.0513. The number of nitrogens with zero attached hydrogens (tertiary/aromatic N) is 4. The predicted octanol–water partition coefficient (Wildman–Crippen LogP) is 2.57. The monoisotopic (exact) mass is 341 g/mol. The van der Waals surface area contributed by atoms with Gasteiger partial charge in [0.2, 0.25) is 0 Å². The number of hydrogen-bond donors (Lipinski definition) is 1. The summed E-state index contributed by atoms with van der Waals surface area (Å²) in [5.74, 6) is 0.869. The van der Waals surface area contributed by atoms with Crippen LogP contribution in [0, 0.1) is 6.92 Å². The number of rotatable bonds is 6. The molecule has 130 valence electrons. The summed E-state index contributed by atoms with van der Waals surface area (Å²) in [6.45, 7) is 4.38. The molecule has 0 atom stereocenters. The highest BCUT2D eigenvalue weighted by molar-refractivity contribution is 5.88. The summed E-state index contributed by atoms with van der Waals surface area (Å²) >= 11 is 0. The molecule has 8 heteroatoms. The van der Waals surface area contributed by atoms with Crippen LogP contribution in [0.15, 0.2) is 35.0 Å². The number of aromatic nitrogens is 4. The molecule has 3 aromatic heterocycles. The fourth-order valence-electron chi connectivity index (χ4n) is 2.43. The molecule has 0 unspecified atom stereocenters. The van der Waals surface area contributed by atoms with E-state index in [1.54, 1.807) is 26.2 Å². The van der Waals surface area contributed by atoms with E-state index in [9.17, 15) is 4.79 Å². The molecule has 3 rings (SSSR count). The van der Waals surface area contributed by atoms with Gasteiger partial charge in [-0.2, -0.15) is 5.10 Å². The van der Waals surface area contributed by atoms with Gasteiger partial charge in [-0.15, -0.1) is 0 Å². The van der Waals surface area contributed by atoms with Crippen molar-refractivity contribution in [3.8, 4) is 11.4 Å². The third-order valence-corrected chi connectivity index (χ3v) is 3.70. The van der Waals surface area contributed by atoms with Crippen LogP contribution >= 0.6 is 0 Å². The second-order valence-electron chi connectivity index (χ2n) is 5.39. The summed E-state index contributed by atoms with van der Waals surface area (Å²) in [5, 5.41) is 11.6.